The minimum Gasteiger partial charge on any atom is -0.385 e. The van der Waals surface area contributed by atoms with Gasteiger partial charge in [0.15, 0.2) is 5.78 Å². The standard InChI is InChI=1S/C19H25N3O2/c1-12-15-6-7-16-18(19(15,3)10-14(11-20)17(12)23)21-13(2)22(16)8-5-9-24-4/h10,12,15H,5-9H2,1-4H3/t12-,15-,19-/m0/s1. The molecule has 0 unspecified atom stereocenters. The predicted molar refractivity (Wildman–Crippen MR) is 90.5 cm³/mol. The number of fused-ring (bicyclic) bond motifs is 3. The smallest absolute Gasteiger partial charge is 0.176 e. The minimum atomic E-state index is -0.330. The Bertz CT molecular complexity index is 741. The zero-order valence-corrected chi connectivity index (χ0v) is 14.9. The maximum absolute atomic E-state index is 12.4. The lowest BCUT2D eigenvalue weighted by Crippen LogP contribution is -2.45. The Hall–Kier alpha value is -1.93. The van der Waals surface area contributed by atoms with Gasteiger partial charge in [0.2, 0.25) is 0 Å². The second kappa shape index (κ2) is 6.18. The van der Waals surface area contributed by atoms with Crippen molar-refractivity contribution in [2.24, 2.45) is 11.8 Å². The third kappa shape index (κ3) is 2.41. The molecule has 5 heteroatoms. The molecule has 0 N–H and O–H groups in total. The number of nitriles is 1. The summed E-state index contributed by atoms with van der Waals surface area (Å²) in [7, 11) is 1.72. The van der Waals surface area contributed by atoms with E-state index in [9.17, 15) is 10.1 Å². The molecular formula is C19H25N3O2. The molecular weight excluding hydrogens is 302 g/mol. The van der Waals surface area contributed by atoms with Crippen molar-refractivity contribution in [3.05, 3.63) is 28.9 Å². The van der Waals surface area contributed by atoms with E-state index in [4.69, 9.17) is 9.72 Å². The van der Waals surface area contributed by atoms with Crippen molar-refractivity contribution in [2.45, 2.75) is 52.0 Å². The van der Waals surface area contributed by atoms with Crippen LogP contribution >= 0.6 is 0 Å². The summed E-state index contributed by atoms with van der Waals surface area (Å²) in [6, 6.07) is 2.10. The van der Waals surface area contributed by atoms with Gasteiger partial charge >= 0.3 is 0 Å². The van der Waals surface area contributed by atoms with E-state index in [-0.39, 0.29) is 23.0 Å². The van der Waals surface area contributed by atoms with Crippen LogP contribution in [0, 0.1) is 30.1 Å². The van der Waals surface area contributed by atoms with Gasteiger partial charge in [-0.3, -0.25) is 4.79 Å². The van der Waals surface area contributed by atoms with Gasteiger partial charge < -0.3 is 9.30 Å². The normalized spacial score (nSPS) is 28.8. The number of hydrogen-bond donors (Lipinski definition) is 0. The molecule has 0 bridgehead atoms. The van der Waals surface area contributed by atoms with Crippen molar-refractivity contribution in [2.75, 3.05) is 13.7 Å². The van der Waals surface area contributed by atoms with Gasteiger partial charge in [-0.1, -0.05) is 19.9 Å². The lowest BCUT2D eigenvalue weighted by atomic mass is 9.58. The van der Waals surface area contributed by atoms with Gasteiger partial charge in [-0.2, -0.15) is 5.26 Å². The number of carbonyl (C=O) groups is 1. The van der Waals surface area contributed by atoms with Crippen LogP contribution in [-0.2, 0) is 27.9 Å². The van der Waals surface area contributed by atoms with E-state index in [1.165, 1.54) is 5.69 Å². The first kappa shape index (κ1) is 16.9. The summed E-state index contributed by atoms with van der Waals surface area (Å²) < 4.78 is 7.46. The number of ether oxygens (including phenoxy) is 1. The number of ketones is 1. The van der Waals surface area contributed by atoms with E-state index >= 15 is 0 Å². The predicted octanol–water partition coefficient (Wildman–Crippen LogP) is 2.72. The fourth-order valence-electron chi connectivity index (χ4n) is 4.56. The molecule has 0 radical (unpaired) electrons. The fourth-order valence-corrected chi connectivity index (χ4v) is 4.56. The lowest BCUT2D eigenvalue weighted by Gasteiger charge is -2.44. The van der Waals surface area contributed by atoms with Gasteiger partial charge in [0.25, 0.3) is 0 Å². The van der Waals surface area contributed by atoms with Gasteiger partial charge in [-0.15, -0.1) is 0 Å². The minimum absolute atomic E-state index is 0.0142. The molecule has 3 atom stereocenters. The number of carbonyl (C=O) groups excluding carboxylic acids is 1. The van der Waals surface area contributed by atoms with Gasteiger partial charge in [0, 0.05) is 37.3 Å². The highest BCUT2D eigenvalue weighted by molar-refractivity contribution is 6.02. The summed E-state index contributed by atoms with van der Waals surface area (Å²) in [6.45, 7) is 7.77. The molecule has 0 saturated heterocycles. The zero-order valence-electron chi connectivity index (χ0n) is 14.9. The molecule has 0 saturated carbocycles. The molecule has 0 amide bonds. The Kier molecular flexibility index (Phi) is 4.35. The van der Waals surface area contributed by atoms with Gasteiger partial charge in [-0.05, 0) is 32.1 Å². The monoisotopic (exact) mass is 327 g/mol. The van der Waals surface area contributed by atoms with Crippen molar-refractivity contribution in [3.63, 3.8) is 0 Å². The molecule has 1 aromatic heterocycles. The number of nitrogens with zero attached hydrogens (tertiary/aromatic N) is 3. The van der Waals surface area contributed by atoms with Crippen LogP contribution in [0.4, 0.5) is 0 Å². The summed E-state index contributed by atoms with van der Waals surface area (Å²) in [5.41, 5.74) is 2.28. The first-order valence-electron chi connectivity index (χ1n) is 8.66. The highest BCUT2D eigenvalue weighted by atomic mass is 16.5. The lowest BCUT2D eigenvalue weighted by molar-refractivity contribution is -0.121. The molecule has 3 rings (SSSR count). The zero-order chi connectivity index (χ0) is 17.5. The number of aryl methyl sites for hydroxylation is 1. The Labute approximate surface area is 143 Å². The van der Waals surface area contributed by atoms with E-state index in [1.807, 2.05) is 19.9 Å². The number of methoxy groups -OCH3 is 1. The third-order valence-corrected chi connectivity index (χ3v) is 5.81. The number of allylic oxidation sites excluding steroid dienone is 2. The molecule has 0 aliphatic heterocycles. The molecule has 0 aromatic carbocycles. The average Bonchev–Trinajstić information content (AvgIpc) is 2.89. The van der Waals surface area contributed by atoms with Crippen LogP contribution in [-0.4, -0.2) is 29.1 Å². The fraction of sp³-hybridized carbons (Fsp3) is 0.632. The van der Waals surface area contributed by atoms with E-state index in [0.717, 1.165) is 43.9 Å². The average molecular weight is 327 g/mol. The van der Waals surface area contributed by atoms with Crippen LogP contribution < -0.4 is 0 Å². The third-order valence-electron chi connectivity index (χ3n) is 5.81. The first-order chi connectivity index (χ1) is 11.4. The Morgan fingerprint density at radius 3 is 2.96 bits per heavy atom. The van der Waals surface area contributed by atoms with Gasteiger partial charge in [-0.25, -0.2) is 4.98 Å². The van der Waals surface area contributed by atoms with E-state index in [0.29, 0.717) is 5.57 Å². The molecule has 24 heavy (non-hydrogen) atoms. The number of Topliss-reactive ketones (excluding diaryl/α,β-unsaturated/α-hetero) is 1. The number of rotatable bonds is 4. The van der Waals surface area contributed by atoms with Crippen LogP contribution in [0.1, 0.15) is 43.9 Å². The number of hydrogen-bond acceptors (Lipinski definition) is 4. The molecule has 5 nitrogen and oxygen atoms in total. The Morgan fingerprint density at radius 1 is 1.54 bits per heavy atom. The molecule has 0 fully saturated rings. The molecule has 2 aliphatic rings. The molecule has 2 aliphatic carbocycles. The first-order valence-corrected chi connectivity index (χ1v) is 8.66. The van der Waals surface area contributed by atoms with E-state index in [2.05, 4.69) is 17.6 Å². The Balaban J connectivity index is 2.07. The summed E-state index contributed by atoms with van der Waals surface area (Å²) in [5.74, 6) is 1.09. The summed E-state index contributed by atoms with van der Waals surface area (Å²) in [4.78, 5) is 17.3. The van der Waals surface area contributed by atoms with Crippen molar-refractivity contribution >= 4 is 5.78 Å². The van der Waals surface area contributed by atoms with Crippen LogP contribution in [0.3, 0.4) is 0 Å². The maximum atomic E-state index is 12.4. The number of imidazole rings is 1. The molecule has 1 heterocycles. The van der Waals surface area contributed by atoms with Crippen LogP contribution in [0.25, 0.3) is 0 Å². The summed E-state index contributed by atoms with van der Waals surface area (Å²) in [5, 5.41) is 9.36. The largest absolute Gasteiger partial charge is 0.385 e. The second-order valence-electron chi connectivity index (χ2n) is 7.20. The quantitative estimate of drug-likeness (QED) is 0.797. The van der Waals surface area contributed by atoms with Gasteiger partial charge in [0.05, 0.1) is 11.3 Å². The van der Waals surface area contributed by atoms with Gasteiger partial charge in [0.1, 0.15) is 11.9 Å². The van der Waals surface area contributed by atoms with Crippen molar-refractivity contribution in [3.8, 4) is 6.07 Å². The van der Waals surface area contributed by atoms with E-state index in [1.54, 1.807) is 7.11 Å². The summed E-state index contributed by atoms with van der Waals surface area (Å²) in [6.07, 6.45) is 4.73. The maximum Gasteiger partial charge on any atom is 0.176 e. The van der Waals surface area contributed by atoms with Crippen molar-refractivity contribution in [1.82, 2.24) is 9.55 Å². The summed E-state index contributed by atoms with van der Waals surface area (Å²) >= 11 is 0. The van der Waals surface area contributed by atoms with Crippen LogP contribution in [0.15, 0.2) is 11.6 Å². The SMILES string of the molecule is COCCCn1c(C)nc2c1CC[C@H]1[C@H](C)C(=O)C(C#N)=C[C@]21C. The Morgan fingerprint density at radius 2 is 2.29 bits per heavy atom. The second-order valence-corrected chi connectivity index (χ2v) is 7.20. The topological polar surface area (TPSA) is 67.9 Å². The molecule has 0 spiro atoms. The molecule has 128 valence electrons. The van der Waals surface area contributed by atoms with E-state index < -0.39 is 0 Å². The number of aromatic nitrogens is 2. The highest BCUT2D eigenvalue weighted by Crippen LogP contribution is 2.49. The highest BCUT2D eigenvalue weighted by Gasteiger charge is 2.49. The van der Waals surface area contributed by atoms with Crippen molar-refractivity contribution < 1.29 is 9.53 Å². The van der Waals surface area contributed by atoms with Crippen molar-refractivity contribution in [1.29, 1.82) is 5.26 Å². The van der Waals surface area contributed by atoms with Crippen LogP contribution in [0.2, 0.25) is 0 Å². The molecule has 1 aromatic rings. The van der Waals surface area contributed by atoms with Crippen LogP contribution in [0.5, 0.6) is 0 Å².